The molecule has 0 saturated heterocycles. The molecule has 0 aliphatic rings. The van der Waals surface area contributed by atoms with E-state index in [0.717, 1.165) is 18.4 Å². The Morgan fingerprint density at radius 2 is 2.28 bits per heavy atom. The summed E-state index contributed by atoms with van der Waals surface area (Å²) in [6.07, 6.45) is 1.88. The van der Waals surface area contributed by atoms with Crippen LogP contribution in [0.4, 0.5) is 4.39 Å². The lowest BCUT2D eigenvalue weighted by molar-refractivity contribution is -0.142. The van der Waals surface area contributed by atoms with Gasteiger partial charge < -0.3 is 10.1 Å². The van der Waals surface area contributed by atoms with Crippen molar-refractivity contribution in [3.05, 3.63) is 35.6 Å². The molecule has 0 bridgehead atoms. The Morgan fingerprint density at radius 1 is 1.50 bits per heavy atom. The first-order valence-electron chi connectivity index (χ1n) is 6.28. The molecule has 18 heavy (non-hydrogen) atoms. The Balaban J connectivity index is 2.32. The second-order valence-electron chi connectivity index (χ2n) is 4.23. The molecule has 0 radical (unpaired) electrons. The molecule has 3 nitrogen and oxygen atoms in total. The molecule has 0 unspecified atom stereocenters. The zero-order valence-corrected chi connectivity index (χ0v) is 10.9. The molecule has 1 N–H and O–H groups in total. The van der Waals surface area contributed by atoms with Crippen molar-refractivity contribution in [3.63, 3.8) is 0 Å². The van der Waals surface area contributed by atoms with Gasteiger partial charge in [-0.1, -0.05) is 25.5 Å². The van der Waals surface area contributed by atoms with Crippen LogP contribution in [0.1, 0.15) is 38.3 Å². The summed E-state index contributed by atoms with van der Waals surface area (Å²) in [7, 11) is 0. The van der Waals surface area contributed by atoms with Gasteiger partial charge in [-0.05, 0) is 31.0 Å². The van der Waals surface area contributed by atoms with E-state index in [1.165, 1.54) is 12.1 Å². The molecule has 0 amide bonds. The highest BCUT2D eigenvalue weighted by atomic mass is 19.1. The summed E-state index contributed by atoms with van der Waals surface area (Å²) in [5.74, 6) is -0.543. The smallest absolute Gasteiger partial charge is 0.319 e. The molecular formula is C14H20FNO2. The van der Waals surface area contributed by atoms with Gasteiger partial charge in [-0.25, -0.2) is 4.39 Å². The second kappa shape index (κ2) is 7.82. The van der Waals surface area contributed by atoms with Crippen molar-refractivity contribution in [2.24, 2.45) is 0 Å². The third kappa shape index (κ3) is 5.27. The van der Waals surface area contributed by atoms with Crippen molar-refractivity contribution in [3.8, 4) is 0 Å². The number of carbonyl (C=O) groups is 1. The van der Waals surface area contributed by atoms with Crippen LogP contribution in [0.3, 0.4) is 0 Å². The van der Waals surface area contributed by atoms with Gasteiger partial charge in [0.2, 0.25) is 0 Å². The SMILES string of the molecule is CCCCOC(=O)CN[C@@H](C)c1cccc(F)c1. The average molecular weight is 253 g/mol. The first-order valence-corrected chi connectivity index (χ1v) is 6.28. The van der Waals surface area contributed by atoms with Crippen molar-refractivity contribution >= 4 is 5.97 Å². The largest absolute Gasteiger partial charge is 0.465 e. The number of nitrogens with one attached hydrogen (secondary N) is 1. The van der Waals surface area contributed by atoms with Gasteiger partial charge in [0.15, 0.2) is 0 Å². The Kier molecular flexibility index (Phi) is 6.36. The van der Waals surface area contributed by atoms with E-state index < -0.39 is 0 Å². The number of rotatable bonds is 7. The minimum Gasteiger partial charge on any atom is -0.465 e. The van der Waals surface area contributed by atoms with Gasteiger partial charge in [-0.3, -0.25) is 4.79 Å². The van der Waals surface area contributed by atoms with Crippen LogP contribution in [0.15, 0.2) is 24.3 Å². The highest BCUT2D eigenvalue weighted by molar-refractivity contribution is 5.71. The van der Waals surface area contributed by atoms with Crippen molar-refractivity contribution in [2.45, 2.75) is 32.7 Å². The summed E-state index contributed by atoms with van der Waals surface area (Å²) in [6.45, 7) is 4.53. The lowest BCUT2D eigenvalue weighted by Gasteiger charge is -2.13. The Hall–Kier alpha value is -1.42. The third-order valence-corrected chi connectivity index (χ3v) is 2.66. The molecule has 1 rings (SSSR count). The lowest BCUT2D eigenvalue weighted by Crippen LogP contribution is -2.27. The average Bonchev–Trinajstić information content (AvgIpc) is 2.36. The topological polar surface area (TPSA) is 38.3 Å². The van der Waals surface area contributed by atoms with Crippen LogP contribution in [0.2, 0.25) is 0 Å². The van der Waals surface area contributed by atoms with E-state index in [1.54, 1.807) is 6.07 Å². The molecule has 0 fully saturated rings. The zero-order valence-electron chi connectivity index (χ0n) is 10.9. The number of hydrogen-bond acceptors (Lipinski definition) is 3. The second-order valence-corrected chi connectivity index (χ2v) is 4.23. The number of carbonyl (C=O) groups excluding carboxylic acids is 1. The molecule has 1 aromatic rings. The molecular weight excluding hydrogens is 233 g/mol. The van der Waals surface area contributed by atoms with Crippen LogP contribution in [0, 0.1) is 5.82 Å². The van der Waals surface area contributed by atoms with Crippen LogP contribution in [-0.2, 0) is 9.53 Å². The van der Waals surface area contributed by atoms with Gasteiger partial charge in [0, 0.05) is 6.04 Å². The van der Waals surface area contributed by atoms with Crippen molar-refractivity contribution in [2.75, 3.05) is 13.2 Å². The molecule has 0 aromatic heterocycles. The molecule has 0 heterocycles. The Bertz CT molecular complexity index is 382. The maximum Gasteiger partial charge on any atom is 0.319 e. The van der Waals surface area contributed by atoms with Crippen molar-refractivity contribution in [1.29, 1.82) is 0 Å². The first-order chi connectivity index (χ1) is 8.63. The summed E-state index contributed by atoms with van der Waals surface area (Å²) < 4.78 is 18.0. The lowest BCUT2D eigenvalue weighted by atomic mass is 10.1. The van der Waals surface area contributed by atoms with Crippen molar-refractivity contribution in [1.82, 2.24) is 5.32 Å². The van der Waals surface area contributed by atoms with Gasteiger partial charge in [-0.15, -0.1) is 0 Å². The predicted octanol–water partition coefficient (Wildman–Crippen LogP) is 2.82. The summed E-state index contributed by atoms with van der Waals surface area (Å²) in [5, 5.41) is 3.01. The van der Waals surface area contributed by atoms with Gasteiger partial charge in [0.1, 0.15) is 5.82 Å². The zero-order chi connectivity index (χ0) is 13.4. The van der Waals surface area contributed by atoms with Gasteiger partial charge in [0.05, 0.1) is 13.2 Å². The fourth-order valence-corrected chi connectivity index (χ4v) is 1.51. The monoisotopic (exact) mass is 253 g/mol. The quantitative estimate of drug-likeness (QED) is 0.600. The van der Waals surface area contributed by atoms with E-state index in [-0.39, 0.29) is 24.4 Å². The molecule has 0 aliphatic heterocycles. The summed E-state index contributed by atoms with van der Waals surface area (Å²) in [4.78, 5) is 11.4. The summed E-state index contributed by atoms with van der Waals surface area (Å²) in [5.41, 5.74) is 0.816. The number of benzene rings is 1. The number of unbranched alkanes of at least 4 members (excludes halogenated alkanes) is 1. The normalized spacial score (nSPS) is 12.2. The molecule has 1 aromatic carbocycles. The first kappa shape index (κ1) is 14.6. The van der Waals surface area contributed by atoms with Crippen molar-refractivity contribution < 1.29 is 13.9 Å². The fourth-order valence-electron chi connectivity index (χ4n) is 1.51. The molecule has 100 valence electrons. The Labute approximate surface area is 107 Å². The van der Waals surface area contributed by atoms with E-state index in [9.17, 15) is 9.18 Å². The van der Waals surface area contributed by atoms with Crippen LogP contribution >= 0.6 is 0 Å². The summed E-state index contributed by atoms with van der Waals surface area (Å²) in [6, 6.07) is 6.25. The van der Waals surface area contributed by atoms with E-state index in [0.29, 0.717) is 6.61 Å². The standard InChI is InChI=1S/C14H20FNO2/c1-3-4-8-18-14(17)10-16-11(2)12-6-5-7-13(15)9-12/h5-7,9,11,16H,3-4,8,10H2,1-2H3/t11-/m0/s1. The van der Waals surface area contributed by atoms with E-state index in [4.69, 9.17) is 4.74 Å². The minimum absolute atomic E-state index is 0.0839. The maximum atomic E-state index is 13.0. The van der Waals surface area contributed by atoms with Crippen LogP contribution in [0.5, 0.6) is 0 Å². The number of halogens is 1. The summed E-state index contributed by atoms with van der Waals surface area (Å²) >= 11 is 0. The minimum atomic E-state index is -0.272. The van der Waals surface area contributed by atoms with Crippen LogP contribution in [-0.4, -0.2) is 19.1 Å². The molecule has 1 atom stereocenters. The molecule has 0 aliphatic carbocycles. The van der Waals surface area contributed by atoms with Crippen LogP contribution in [0.25, 0.3) is 0 Å². The Morgan fingerprint density at radius 3 is 2.94 bits per heavy atom. The highest BCUT2D eigenvalue weighted by Crippen LogP contribution is 2.12. The van der Waals surface area contributed by atoms with Gasteiger partial charge in [0.25, 0.3) is 0 Å². The van der Waals surface area contributed by atoms with Gasteiger partial charge in [-0.2, -0.15) is 0 Å². The maximum absolute atomic E-state index is 13.0. The van der Waals surface area contributed by atoms with Gasteiger partial charge >= 0.3 is 5.97 Å². The van der Waals surface area contributed by atoms with E-state index in [1.807, 2.05) is 19.9 Å². The van der Waals surface area contributed by atoms with E-state index >= 15 is 0 Å². The predicted molar refractivity (Wildman–Crippen MR) is 68.7 cm³/mol. The molecule has 4 heteroatoms. The number of hydrogen-bond donors (Lipinski definition) is 1. The third-order valence-electron chi connectivity index (χ3n) is 2.66. The molecule has 0 spiro atoms. The highest BCUT2D eigenvalue weighted by Gasteiger charge is 2.08. The number of ether oxygens (including phenoxy) is 1. The van der Waals surface area contributed by atoms with E-state index in [2.05, 4.69) is 5.32 Å². The van der Waals surface area contributed by atoms with Crippen LogP contribution < -0.4 is 5.32 Å². The molecule has 0 saturated carbocycles. The number of esters is 1. The fraction of sp³-hybridized carbons (Fsp3) is 0.500.